The van der Waals surface area contributed by atoms with Crippen molar-refractivity contribution in [3.63, 3.8) is 0 Å². The Morgan fingerprint density at radius 1 is 1.14 bits per heavy atom. The van der Waals surface area contributed by atoms with Crippen LogP contribution in [0.5, 0.6) is 0 Å². The maximum absolute atomic E-state index is 12.4. The zero-order valence-corrected chi connectivity index (χ0v) is 16.1. The summed E-state index contributed by atoms with van der Waals surface area (Å²) in [7, 11) is 1.71. The second-order valence-electron chi connectivity index (χ2n) is 7.05. The van der Waals surface area contributed by atoms with Gasteiger partial charge in [-0.25, -0.2) is 9.59 Å². The highest BCUT2D eigenvalue weighted by atomic mass is 16.5. The van der Waals surface area contributed by atoms with Crippen LogP contribution in [0.4, 0.5) is 4.79 Å². The van der Waals surface area contributed by atoms with E-state index in [1.54, 1.807) is 18.7 Å². The Balaban J connectivity index is 1.50. The summed E-state index contributed by atoms with van der Waals surface area (Å²) in [6, 6.07) is 14.8. The molecule has 1 aliphatic rings. The second kappa shape index (κ2) is 7.43. The lowest BCUT2D eigenvalue weighted by Crippen LogP contribution is -2.35. The molecular weight excluding hydrogens is 370 g/mol. The number of hydrogen-bond acceptors (Lipinski definition) is 4. The Kier molecular flexibility index (Phi) is 4.80. The van der Waals surface area contributed by atoms with Crippen molar-refractivity contribution in [2.24, 2.45) is 7.05 Å². The molecule has 3 aromatic rings. The summed E-state index contributed by atoms with van der Waals surface area (Å²) >= 11 is 0. The molecule has 2 N–H and O–H groups in total. The first-order valence-corrected chi connectivity index (χ1v) is 9.30. The van der Waals surface area contributed by atoms with Crippen molar-refractivity contribution in [1.82, 2.24) is 15.1 Å². The molecule has 148 valence electrons. The Bertz CT molecular complexity index is 1040. The maximum atomic E-state index is 12.4. The number of benzene rings is 2. The lowest BCUT2D eigenvalue weighted by molar-refractivity contribution is -0.139. The maximum Gasteiger partial charge on any atom is 0.408 e. The van der Waals surface area contributed by atoms with Gasteiger partial charge in [-0.1, -0.05) is 48.5 Å². The van der Waals surface area contributed by atoms with Gasteiger partial charge in [0.2, 0.25) is 0 Å². The summed E-state index contributed by atoms with van der Waals surface area (Å²) in [5.41, 5.74) is 5.54. The van der Waals surface area contributed by atoms with Crippen LogP contribution in [0.25, 0.3) is 11.1 Å². The van der Waals surface area contributed by atoms with Crippen LogP contribution in [0.1, 0.15) is 34.3 Å². The second-order valence-corrected chi connectivity index (χ2v) is 7.05. The van der Waals surface area contributed by atoms with E-state index in [9.17, 15) is 14.7 Å². The third-order valence-corrected chi connectivity index (χ3v) is 5.44. The molecule has 1 aliphatic carbocycles. The summed E-state index contributed by atoms with van der Waals surface area (Å²) in [5.74, 6) is -1.26. The van der Waals surface area contributed by atoms with Crippen molar-refractivity contribution in [2.75, 3.05) is 6.61 Å². The fraction of sp³-hybridized carbons (Fsp3) is 0.227. The van der Waals surface area contributed by atoms with Crippen LogP contribution in [0.15, 0.2) is 54.7 Å². The van der Waals surface area contributed by atoms with E-state index in [1.165, 1.54) is 6.20 Å². The lowest BCUT2D eigenvalue weighted by Gasteiger charge is -2.17. The average molecular weight is 391 g/mol. The van der Waals surface area contributed by atoms with Gasteiger partial charge in [0.25, 0.3) is 0 Å². The molecule has 0 saturated heterocycles. The zero-order valence-electron chi connectivity index (χ0n) is 16.1. The van der Waals surface area contributed by atoms with E-state index < -0.39 is 18.1 Å². The van der Waals surface area contributed by atoms with Gasteiger partial charge in [-0.3, -0.25) is 4.68 Å². The third kappa shape index (κ3) is 3.35. The zero-order chi connectivity index (χ0) is 20.5. The van der Waals surface area contributed by atoms with Gasteiger partial charge in [0.15, 0.2) is 6.04 Å². The van der Waals surface area contributed by atoms with Gasteiger partial charge in [-0.15, -0.1) is 0 Å². The number of alkyl carbamates (subject to hydrolysis) is 1. The molecule has 1 aromatic heterocycles. The van der Waals surface area contributed by atoms with Crippen LogP contribution in [0.2, 0.25) is 0 Å². The Morgan fingerprint density at radius 2 is 1.72 bits per heavy atom. The normalized spacial score (nSPS) is 13.4. The molecule has 0 saturated carbocycles. The number of amides is 1. The average Bonchev–Trinajstić information content (AvgIpc) is 3.22. The van der Waals surface area contributed by atoms with E-state index in [2.05, 4.69) is 22.5 Å². The molecule has 7 nitrogen and oxygen atoms in total. The van der Waals surface area contributed by atoms with E-state index in [4.69, 9.17) is 4.74 Å². The van der Waals surface area contributed by atoms with Gasteiger partial charge in [0.1, 0.15) is 6.61 Å². The summed E-state index contributed by atoms with van der Waals surface area (Å²) in [6.07, 6.45) is 0.667. The van der Waals surface area contributed by atoms with Crippen LogP contribution < -0.4 is 5.32 Å². The number of carbonyl (C=O) groups is 2. The van der Waals surface area contributed by atoms with Crippen LogP contribution in [0.3, 0.4) is 0 Å². The number of nitrogens with zero attached hydrogens (tertiary/aromatic N) is 2. The molecule has 29 heavy (non-hydrogen) atoms. The highest BCUT2D eigenvalue weighted by molar-refractivity contribution is 5.82. The van der Waals surface area contributed by atoms with Gasteiger partial charge < -0.3 is 15.2 Å². The number of carboxylic acid groups (broad SMARTS) is 1. The molecule has 2 aromatic carbocycles. The SMILES string of the molecule is Cc1c([C@@H](NC(=O)OCC2c3ccccc3-c3ccccc32)C(=O)O)cnn1C. The number of aryl methyl sites for hydroxylation is 1. The van der Waals surface area contributed by atoms with Gasteiger partial charge in [0, 0.05) is 24.2 Å². The molecule has 0 fully saturated rings. The van der Waals surface area contributed by atoms with Crippen molar-refractivity contribution < 1.29 is 19.4 Å². The lowest BCUT2D eigenvalue weighted by atomic mass is 9.98. The molecule has 7 heteroatoms. The highest BCUT2D eigenvalue weighted by Crippen LogP contribution is 2.44. The number of rotatable bonds is 5. The minimum atomic E-state index is -1.22. The highest BCUT2D eigenvalue weighted by Gasteiger charge is 2.30. The number of ether oxygens (including phenoxy) is 1. The van der Waals surface area contributed by atoms with Crippen LogP contribution in [-0.2, 0) is 16.6 Å². The molecule has 0 radical (unpaired) electrons. The summed E-state index contributed by atoms with van der Waals surface area (Å²) < 4.78 is 7.01. The van der Waals surface area contributed by atoms with Crippen LogP contribution in [-0.4, -0.2) is 33.6 Å². The molecule has 1 heterocycles. The number of aliphatic carboxylic acids is 1. The minimum Gasteiger partial charge on any atom is -0.479 e. The smallest absolute Gasteiger partial charge is 0.408 e. The van der Waals surface area contributed by atoms with Crippen molar-refractivity contribution in [1.29, 1.82) is 0 Å². The molecule has 0 unspecified atom stereocenters. The van der Waals surface area contributed by atoms with Crippen LogP contribution >= 0.6 is 0 Å². The quantitative estimate of drug-likeness (QED) is 0.695. The summed E-state index contributed by atoms with van der Waals surface area (Å²) in [5, 5.41) is 16.0. The summed E-state index contributed by atoms with van der Waals surface area (Å²) in [4.78, 5) is 24.1. The van der Waals surface area contributed by atoms with E-state index >= 15 is 0 Å². The number of aromatic nitrogens is 2. The van der Waals surface area contributed by atoms with E-state index in [0.29, 0.717) is 11.3 Å². The standard InChI is InChI=1S/C22H21N3O4/c1-13-18(11-23-25(13)2)20(21(26)27)24-22(28)29-12-19-16-9-5-3-7-14(16)15-8-4-6-10-17(15)19/h3-11,19-20H,12H2,1-2H3,(H,24,28)(H,26,27)/t20-/m1/s1. The Labute approximate surface area is 167 Å². The fourth-order valence-electron chi connectivity index (χ4n) is 3.83. The number of hydrogen-bond donors (Lipinski definition) is 2. The number of carbonyl (C=O) groups excluding carboxylic acids is 1. The molecule has 0 aliphatic heterocycles. The van der Waals surface area contributed by atoms with Gasteiger partial charge in [-0.2, -0.15) is 5.10 Å². The van der Waals surface area contributed by atoms with Gasteiger partial charge in [-0.05, 0) is 29.2 Å². The number of carboxylic acids is 1. The molecule has 1 atom stereocenters. The topological polar surface area (TPSA) is 93.4 Å². The van der Waals surface area contributed by atoms with E-state index in [-0.39, 0.29) is 12.5 Å². The van der Waals surface area contributed by atoms with Crippen molar-refractivity contribution >= 4 is 12.1 Å². The minimum absolute atomic E-state index is 0.0865. The van der Waals surface area contributed by atoms with Gasteiger partial charge in [0.05, 0.1) is 6.20 Å². The number of fused-ring (bicyclic) bond motifs is 3. The first-order valence-electron chi connectivity index (χ1n) is 9.30. The van der Waals surface area contributed by atoms with E-state index in [0.717, 1.165) is 22.3 Å². The van der Waals surface area contributed by atoms with Crippen LogP contribution in [0, 0.1) is 6.92 Å². The Morgan fingerprint density at radius 3 is 2.24 bits per heavy atom. The predicted octanol–water partition coefficient (Wildman–Crippen LogP) is 3.39. The molecule has 4 rings (SSSR count). The molecule has 0 bridgehead atoms. The molecule has 0 spiro atoms. The van der Waals surface area contributed by atoms with Crippen molar-refractivity contribution in [3.05, 3.63) is 77.1 Å². The first-order chi connectivity index (χ1) is 14.0. The van der Waals surface area contributed by atoms with Crippen molar-refractivity contribution in [3.8, 4) is 11.1 Å². The fourth-order valence-corrected chi connectivity index (χ4v) is 3.83. The molecule has 1 amide bonds. The Hall–Kier alpha value is -3.61. The third-order valence-electron chi connectivity index (χ3n) is 5.44. The monoisotopic (exact) mass is 391 g/mol. The largest absolute Gasteiger partial charge is 0.479 e. The molecular formula is C22H21N3O4. The summed E-state index contributed by atoms with van der Waals surface area (Å²) in [6.45, 7) is 1.87. The van der Waals surface area contributed by atoms with Gasteiger partial charge >= 0.3 is 12.1 Å². The van der Waals surface area contributed by atoms with E-state index in [1.807, 2.05) is 36.4 Å². The van der Waals surface area contributed by atoms with Crippen molar-refractivity contribution in [2.45, 2.75) is 18.9 Å². The number of nitrogens with one attached hydrogen (secondary N) is 1. The first kappa shape index (κ1) is 18.7. The predicted molar refractivity (Wildman–Crippen MR) is 107 cm³/mol.